The molecule has 0 amide bonds. The van der Waals surface area contributed by atoms with Crippen LogP contribution in [0.4, 0.5) is 5.69 Å². The molecule has 0 radical (unpaired) electrons. The van der Waals surface area contributed by atoms with Gasteiger partial charge in [0, 0.05) is 34.5 Å². The number of phenols is 1. The zero-order valence-electron chi connectivity index (χ0n) is 13.3. The van der Waals surface area contributed by atoms with E-state index in [1.54, 1.807) is 48.5 Å². The van der Waals surface area contributed by atoms with Crippen molar-refractivity contribution in [1.29, 1.82) is 0 Å². The predicted octanol–water partition coefficient (Wildman–Crippen LogP) is 3.81. The molecule has 0 fully saturated rings. The van der Waals surface area contributed by atoms with Crippen molar-refractivity contribution in [2.45, 2.75) is 6.16 Å². The molecule has 3 aromatic rings. The lowest BCUT2D eigenvalue weighted by atomic mass is 10.2. The monoisotopic (exact) mass is 353 g/mol. The van der Waals surface area contributed by atoms with Gasteiger partial charge in [-0.2, -0.15) is 0 Å². The third kappa shape index (κ3) is 3.47. The van der Waals surface area contributed by atoms with Crippen molar-refractivity contribution >= 4 is 23.4 Å². The molecule has 3 aromatic carbocycles. The Labute approximate surface area is 145 Å². The van der Waals surface area contributed by atoms with Crippen LogP contribution in [0.2, 0.25) is 0 Å². The first kappa shape index (κ1) is 16.9. The van der Waals surface area contributed by atoms with Crippen LogP contribution in [0.1, 0.15) is 5.56 Å². The van der Waals surface area contributed by atoms with Gasteiger partial charge >= 0.3 is 0 Å². The number of non-ortho nitro benzene ring substituents is 1. The van der Waals surface area contributed by atoms with Gasteiger partial charge in [0.15, 0.2) is 0 Å². The van der Waals surface area contributed by atoms with Crippen molar-refractivity contribution < 1.29 is 14.6 Å². The van der Waals surface area contributed by atoms with Crippen molar-refractivity contribution in [3.63, 3.8) is 0 Å². The number of hydrogen-bond donors (Lipinski definition) is 1. The fraction of sp³-hybridized carbons (Fsp3) is 0.0526. The van der Waals surface area contributed by atoms with Crippen LogP contribution in [0.15, 0.2) is 78.9 Å². The molecule has 126 valence electrons. The Morgan fingerprint density at radius 2 is 1.40 bits per heavy atom. The third-order valence-corrected chi connectivity index (χ3v) is 7.06. The first-order valence-corrected chi connectivity index (χ1v) is 9.56. The molecule has 0 atom stereocenters. The van der Waals surface area contributed by atoms with E-state index in [4.69, 9.17) is 0 Å². The Balaban J connectivity index is 2.13. The SMILES string of the molecule is O=[N+]([O-])c1ccc(O)c(CP(=O)(c2ccccc2)c2ccccc2)c1. The van der Waals surface area contributed by atoms with E-state index >= 15 is 0 Å². The van der Waals surface area contributed by atoms with E-state index in [9.17, 15) is 19.8 Å². The van der Waals surface area contributed by atoms with Crippen LogP contribution in [-0.4, -0.2) is 10.0 Å². The van der Waals surface area contributed by atoms with Crippen LogP contribution in [0.3, 0.4) is 0 Å². The molecule has 0 aliphatic rings. The Hall–Kier alpha value is -2.91. The third-order valence-electron chi connectivity index (χ3n) is 4.01. The number of nitro groups is 1. The fourth-order valence-corrected chi connectivity index (χ4v) is 5.43. The minimum atomic E-state index is -3.11. The van der Waals surface area contributed by atoms with Crippen LogP contribution >= 0.6 is 7.14 Å². The molecule has 6 heteroatoms. The molecule has 5 nitrogen and oxygen atoms in total. The van der Waals surface area contributed by atoms with Gasteiger partial charge in [-0.15, -0.1) is 0 Å². The fourth-order valence-electron chi connectivity index (χ4n) is 2.72. The second-order valence-corrected chi connectivity index (χ2v) is 8.47. The van der Waals surface area contributed by atoms with Gasteiger partial charge in [0.25, 0.3) is 5.69 Å². The molecule has 3 rings (SSSR count). The van der Waals surface area contributed by atoms with Gasteiger partial charge in [0.2, 0.25) is 0 Å². The quantitative estimate of drug-likeness (QED) is 0.430. The summed E-state index contributed by atoms with van der Waals surface area (Å²) in [7, 11) is -3.11. The van der Waals surface area contributed by atoms with Crippen LogP contribution in [-0.2, 0) is 10.7 Å². The van der Waals surface area contributed by atoms with Gasteiger partial charge in [-0.05, 0) is 6.07 Å². The first-order valence-electron chi connectivity index (χ1n) is 7.67. The maximum atomic E-state index is 13.9. The molecular weight excluding hydrogens is 337 g/mol. The molecule has 0 bridgehead atoms. The Bertz CT molecular complexity index is 899. The Kier molecular flexibility index (Phi) is 4.68. The molecule has 0 heterocycles. The molecule has 1 N–H and O–H groups in total. The number of aromatic hydroxyl groups is 1. The van der Waals surface area contributed by atoms with Crippen molar-refractivity contribution in [1.82, 2.24) is 0 Å². The molecule has 0 aliphatic heterocycles. The highest BCUT2D eigenvalue weighted by molar-refractivity contribution is 7.78. The topological polar surface area (TPSA) is 80.4 Å². The van der Waals surface area contributed by atoms with E-state index in [1.165, 1.54) is 18.2 Å². The largest absolute Gasteiger partial charge is 0.508 e. The van der Waals surface area contributed by atoms with E-state index in [0.29, 0.717) is 16.2 Å². The van der Waals surface area contributed by atoms with E-state index in [-0.39, 0.29) is 17.6 Å². The molecule has 25 heavy (non-hydrogen) atoms. The average Bonchev–Trinajstić information content (AvgIpc) is 2.64. The number of nitro benzene ring substituents is 1. The summed E-state index contributed by atoms with van der Waals surface area (Å²) in [6.45, 7) is 0. The van der Waals surface area contributed by atoms with Crippen LogP contribution in [0.5, 0.6) is 5.75 Å². The molecule has 0 aromatic heterocycles. The summed E-state index contributed by atoms with van der Waals surface area (Å²) < 4.78 is 13.9. The van der Waals surface area contributed by atoms with Crippen LogP contribution in [0.25, 0.3) is 0 Å². The zero-order valence-corrected chi connectivity index (χ0v) is 14.2. The van der Waals surface area contributed by atoms with E-state index in [1.807, 2.05) is 12.1 Å². The van der Waals surface area contributed by atoms with Crippen molar-refractivity contribution in [2.75, 3.05) is 0 Å². The normalized spacial score (nSPS) is 11.2. The summed E-state index contributed by atoms with van der Waals surface area (Å²) in [4.78, 5) is 10.5. The molecule has 0 spiro atoms. The lowest BCUT2D eigenvalue weighted by Crippen LogP contribution is -2.17. The predicted molar refractivity (Wildman–Crippen MR) is 98.2 cm³/mol. The average molecular weight is 353 g/mol. The summed E-state index contributed by atoms with van der Waals surface area (Å²) in [6, 6.07) is 21.8. The van der Waals surface area contributed by atoms with E-state index < -0.39 is 12.1 Å². The zero-order chi connectivity index (χ0) is 17.9. The number of benzene rings is 3. The lowest BCUT2D eigenvalue weighted by molar-refractivity contribution is -0.384. The summed E-state index contributed by atoms with van der Waals surface area (Å²) >= 11 is 0. The van der Waals surface area contributed by atoms with E-state index in [0.717, 1.165) is 0 Å². The molecular formula is C19H16NO4P. The Morgan fingerprint density at radius 3 is 1.88 bits per heavy atom. The maximum absolute atomic E-state index is 13.9. The Morgan fingerprint density at radius 1 is 0.880 bits per heavy atom. The van der Waals surface area contributed by atoms with Gasteiger partial charge in [-0.25, -0.2) is 0 Å². The van der Waals surface area contributed by atoms with Crippen LogP contribution in [0, 0.1) is 10.1 Å². The molecule has 0 saturated heterocycles. The van der Waals surface area contributed by atoms with Crippen molar-refractivity contribution in [2.24, 2.45) is 0 Å². The summed E-state index contributed by atoms with van der Waals surface area (Å²) in [5.41, 5.74) is 0.158. The van der Waals surface area contributed by atoms with Gasteiger partial charge < -0.3 is 9.67 Å². The van der Waals surface area contributed by atoms with Crippen molar-refractivity contribution in [3.8, 4) is 5.75 Å². The second kappa shape index (κ2) is 6.91. The minimum absolute atomic E-state index is 0.00847. The summed E-state index contributed by atoms with van der Waals surface area (Å²) in [6.07, 6.45) is 0.00847. The highest BCUT2D eigenvalue weighted by atomic mass is 31.2. The van der Waals surface area contributed by atoms with Gasteiger partial charge in [-0.3, -0.25) is 10.1 Å². The number of hydrogen-bond acceptors (Lipinski definition) is 4. The standard InChI is InChI=1S/C19H16NO4P/c21-19-12-11-16(20(22)23)13-15(19)14-25(24,17-7-3-1-4-8-17)18-9-5-2-6-10-18/h1-13,21H,14H2. The maximum Gasteiger partial charge on any atom is 0.269 e. The molecule has 0 aliphatic carbocycles. The van der Waals surface area contributed by atoms with Gasteiger partial charge in [-0.1, -0.05) is 60.7 Å². The highest BCUT2D eigenvalue weighted by Gasteiger charge is 2.29. The first-order chi connectivity index (χ1) is 12.0. The summed E-state index contributed by atoms with van der Waals surface area (Å²) in [5.74, 6) is -0.0994. The smallest absolute Gasteiger partial charge is 0.269 e. The van der Waals surface area contributed by atoms with Gasteiger partial charge in [0.1, 0.15) is 12.9 Å². The minimum Gasteiger partial charge on any atom is -0.508 e. The molecule has 0 unspecified atom stereocenters. The number of nitrogens with zero attached hydrogens (tertiary/aromatic N) is 1. The van der Waals surface area contributed by atoms with Crippen molar-refractivity contribution in [3.05, 3.63) is 94.5 Å². The summed E-state index contributed by atoms with van der Waals surface area (Å²) in [5, 5.41) is 22.4. The van der Waals surface area contributed by atoms with E-state index in [2.05, 4.69) is 0 Å². The number of phenolic OH excluding ortho intramolecular Hbond substituents is 1. The molecule has 0 saturated carbocycles. The lowest BCUT2D eigenvalue weighted by Gasteiger charge is -2.20. The van der Waals surface area contributed by atoms with Gasteiger partial charge in [0.05, 0.1) is 4.92 Å². The number of rotatable bonds is 5. The second-order valence-electron chi connectivity index (χ2n) is 5.64. The van der Waals surface area contributed by atoms with Crippen LogP contribution < -0.4 is 10.6 Å². The highest BCUT2D eigenvalue weighted by Crippen LogP contribution is 2.48.